The molecule has 26 heteroatoms. The molecular formula is C62H75BrN2O22P+. The predicted octanol–water partition coefficient (Wildman–Crippen LogP) is 7.39. The number of halogens is 1. The monoisotopic (exact) mass is 1310 g/mol. The zero-order chi connectivity index (χ0) is 65.6. The number of benzene rings is 3. The highest BCUT2D eigenvalue weighted by Gasteiger charge is 2.56. The summed E-state index contributed by atoms with van der Waals surface area (Å²) in [4.78, 5) is 134. The lowest BCUT2D eigenvalue weighted by Gasteiger charge is -2.41. The van der Waals surface area contributed by atoms with Crippen molar-refractivity contribution in [1.82, 2.24) is 4.90 Å². The molecule has 0 fully saturated rings. The van der Waals surface area contributed by atoms with Gasteiger partial charge in [0.05, 0.1) is 61.5 Å². The highest BCUT2D eigenvalue weighted by atomic mass is 79.9. The maximum Gasteiger partial charge on any atom is 0.472 e. The van der Waals surface area contributed by atoms with Crippen molar-refractivity contribution < 1.29 is 109 Å². The third-order valence-electron chi connectivity index (χ3n) is 14.6. The molecule has 6 unspecified atom stereocenters. The van der Waals surface area contributed by atoms with Crippen molar-refractivity contribution in [2.75, 3.05) is 80.5 Å². The third kappa shape index (κ3) is 16.4. The van der Waals surface area contributed by atoms with Crippen LogP contribution in [-0.2, 0) is 86.0 Å². The van der Waals surface area contributed by atoms with Crippen molar-refractivity contribution in [2.24, 2.45) is 27.1 Å². The van der Waals surface area contributed by atoms with E-state index in [1.54, 1.807) is 57.2 Å². The third-order valence-corrected chi connectivity index (χ3v) is 16.3. The van der Waals surface area contributed by atoms with Gasteiger partial charge in [0.15, 0.2) is 12.2 Å². The number of quaternary nitrogens is 1. The molecule has 0 radical (unpaired) electrons. The van der Waals surface area contributed by atoms with Crippen LogP contribution in [0.5, 0.6) is 23.0 Å². The van der Waals surface area contributed by atoms with Gasteiger partial charge in [0.2, 0.25) is 0 Å². The minimum absolute atomic E-state index is 0.0752. The number of imide groups is 1. The molecule has 0 aromatic heterocycles. The van der Waals surface area contributed by atoms with Gasteiger partial charge in [0.1, 0.15) is 72.3 Å². The van der Waals surface area contributed by atoms with Crippen LogP contribution >= 0.6 is 23.8 Å². The summed E-state index contributed by atoms with van der Waals surface area (Å²) in [7, 11) is 0.860. The molecular weight excluding hydrogens is 1240 g/mol. The average Bonchev–Trinajstić information content (AvgIpc) is 2.08. The number of hydrogen-bond donors (Lipinski definition) is 2. The van der Waals surface area contributed by atoms with Crippen LogP contribution in [0.15, 0.2) is 72.8 Å². The van der Waals surface area contributed by atoms with E-state index < -0.39 is 157 Å². The molecule has 3 aliphatic heterocycles. The smallest absolute Gasteiger partial charge is 0.472 e. The topological polar surface area (TPSA) is 307 Å². The number of likely N-dealkylation sites (N-methyl/N-ethyl adjacent to an activating group) is 1. The van der Waals surface area contributed by atoms with E-state index in [0.29, 0.717) is 33.3 Å². The van der Waals surface area contributed by atoms with E-state index in [4.69, 9.17) is 53.4 Å². The Labute approximate surface area is 518 Å². The van der Waals surface area contributed by atoms with Gasteiger partial charge >= 0.3 is 49.6 Å². The Morgan fingerprint density at radius 3 is 1.84 bits per heavy atom. The van der Waals surface area contributed by atoms with Gasteiger partial charge < -0.3 is 52.4 Å². The minimum atomic E-state index is -4.66. The van der Waals surface area contributed by atoms with E-state index in [1.807, 2.05) is 21.1 Å². The highest BCUT2D eigenvalue weighted by molar-refractivity contribution is 9.10. The Kier molecular flexibility index (Phi) is 21.1. The quantitative estimate of drug-likeness (QED) is 0.00823. The first-order valence-electron chi connectivity index (χ1n) is 27.9. The van der Waals surface area contributed by atoms with Crippen LogP contribution in [0.25, 0.3) is 0 Å². The lowest BCUT2D eigenvalue weighted by Crippen LogP contribution is -2.48. The number of ether oxygens (including phenoxy) is 8. The number of hydrogen-bond acceptors (Lipinski definition) is 21. The van der Waals surface area contributed by atoms with Crippen LogP contribution in [0, 0.1) is 39.4 Å². The average molecular weight is 1310 g/mol. The molecule has 6 atom stereocenters. The van der Waals surface area contributed by atoms with Crippen LogP contribution in [0.3, 0.4) is 0 Å². The molecule has 3 heterocycles. The Morgan fingerprint density at radius 1 is 0.659 bits per heavy atom. The number of fused-ring (bicyclic) bond motifs is 6. The van der Waals surface area contributed by atoms with Crippen molar-refractivity contribution >= 4 is 77.4 Å². The normalized spacial score (nSPS) is 18.6. The number of phenols is 1. The largest absolute Gasteiger partial charge is 0.508 e. The van der Waals surface area contributed by atoms with Gasteiger partial charge in [-0.05, 0) is 112 Å². The number of terminal acetylenes is 1. The summed E-state index contributed by atoms with van der Waals surface area (Å²) in [5.74, 6) is -5.45. The van der Waals surface area contributed by atoms with E-state index >= 15 is 0 Å². The number of phosphoric acid groups is 1. The number of phenolic OH excluding ortho intramolecular Hbond substituents is 1. The van der Waals surface area contributed by atoms with Crippen molar-refractivity contribution in [3.05, 3.63) is 95.1 Å². The summed E-state index contributed by atoms with van der Waals surface area (Å²) in [6, 6.07) is 15.5. The zero-order valence-electron chi connectivity index (χ0n) is 51.3. The Balaban J connectivity index is 1.29. The van der Waals surface area contributed by atoms with Crippen molar-refractivity contribution in [3.8, 4) is 35.3 Å². The number of aromatic hydroxyl groups is 1. The summed E-state index contributed by atoms with van der Waals surface area (Å²) in [5.41, 5.74) is -8.54. The molecule has 2 amide bonds. The number of nitrogens with zero attached hydrogens (tertiary/aromatic N) is 2. The molecule has 0 saturated carbocycles. The SMILES string of the molecule is C#CCOC(=O)C(C)(CC(C)(Br)C(=O)Oc1ccc2c(c1)Oc1cc(O)ccc1C21OC(=O)c2ccccc21)CC(C)(CC(C)(C)C(=O)OCC(C)(COC(=O)C(C)(C)C)C(=O)OCCN1C(=O)C=CC1=O)C(=O)OCCOP(=O)(O)OCC[N+](C)(C)C. The zero-order valence-corrected chi connectivity index (χ0v) is 53.8. The summed E-state index contributed by atoms with van der Waals surface area (Å²) in [6.45, 7) is 9.05. The number of carbonyl (C=O) groups is 9. The molecule has 24 nitrogen and oxygen atoms in total. The first kappa shape index (κ1) is 69.6. The number of esters is 7. The molecule has 476 valence electrons. The Bertz CT molecular complexity index is 3360. The molecule has 3 aliphatic rings. The van der Waals surface area contributed by atoms with Gasteiger partial charge in [-0.2, -0.15) is 0 Å². The van der Waals surface area contributed by atoms with E-state index in [-0.39, 0.29) is 36.1 Å². The first-order chi connectivity index (χ1) is 40.7. The number of amides is 2. The molecule has 6 rings (SSSR count). The Morgan fingerprint density at radius 2 is 1.22 bits per heavy atom. The second-order valence-corrected chi connectivity index (χ2v) is 28.7. The Hall–Kier alpha value is -7.46. The van der Waals surface area contributed by atoms with Gasteiger partial charge in [0, 0.05) is 41.0 Å². The number of phosphoric ester groups is 1. The van der Waals surface area contributed by atoms with Crippen molar-refractivity contribution in [2.45, 2.75) is 91.5 Å². The molecule has 0 saturated heterocycles. The lowest BCUT2D eigenvalue weighted by atomic mass is 9.64. The fraction of sp³-hybridized carbons (Fsp3) is 0.500. The summed E-state index contributed by atoms with van der Waals surface area (Å²) >= 11 is 3.49. The van der Waals surface area contributed by atoms with Gasteiger partial charge in [-0.3, -0.25) is 52.3 Å². The summed E-state index contributed by atoms with van der Waals surface area (Å²) < 4.78 is 67.9. The maximum atomic E-state index is 14.8. The predicted molar refractivity (Wildman–Crippen MR) is 315 cm³/mol. The fourth-order valence-electron chi connectivity index (χ4n) is 10.3. The number of carbonyl (C=O) groups excluding carboxylic acids is 9. The molecule has 1 spiro atoms. The molecule has 0 aliphatic carbocycles. The van der Waals surface area contributed by atoms with Gasteiger partial charge in [-0.15, -0.1) is 6.42 Å². The first-order valence-corrected chi connectivity index (χ1v) is 30.2. The van der Waals surface area contributed by atoms with Crippen LogP contribution in [-0.4, -0.2) is 158 Å². The molecule has 3 aromatic carbocycles. The molecule has 88 heavy (non-hydrogen) atoms. The minimum Gasteiger partial charge on any atom is -0.508 e. The highest BCUT2D eigenvalue weighted by Crippen LogP contribution is 2.57. The number of rotatable bonds is 28. The fourth-order valence-corrected chi connectivity index (χ4v) is 11.7. The summed E-state index contributed by atoms with van der Waals surface area (Å²) in [6.07, 6.45) is 6.04. The van der Waals surface area contributed by atoms with Crippen LogP contribution < -0.4 is 9.47 Å². The van der Waals surface area contributed by atoms with E-state index in [9.17, 15) is 57.7 Å². The van der Waals surface area contributed by atoms with E-state index in [2.05, 4.69) is 21.9 Å². The summed E-state index contributed by atoms with van der Waals surface area (Å²) in [5, 5.41) is 10.5. The second-order valence-electron chi connectivity index (χ2n) is 25.5. The second kappa shape index (κ2) is 26.7. The van der Waals surface area contributed by atoms with Crippen LogP contribution in [0.4, 0.5) is 0 Å². The van der Waals surface area contributed by atoms with Crippen LogP contribution in [0.1, 0.15) is 109 Å². The van der Waals surface area contributed by atoms with Crippen molar-refractivity contribution in [3.63, 3.8) is 0 Å². The van der Waals surface area contributed by atoms with Gasteiger partial charge in [-0.1, -0.05) is 40.0 Å². The standard InChI is InChI=1S/C62H74BrN2O22P/c1-14-27-78-53(73)59(8,36-61(10,63)55(75)85-40-20-22-44-46(33-40)86-45-32-39(66)19-21-43(45)62(44)42-18-16-15-17-41(42)49(69)87-62)35-58(7,52(72)80-30-31-84-88(76,77)83-29-26-65(11,12)13)34-57(5,6)51(71)82-38-60(9,37-81-50(70)56(2,3)4)54(74)79-28-25-64-47(67)23-24-48(64)68/h1,15-24,32-33H,25-31,34-38H2,2-13H3,(H-,66,76,77)/p+1. The molecule has 3 aromatic rings. The van der Waals surface area contributed by atoms with Gasteiger partial charge in [-0.25, -0.2) is 9.36 Å². The molecule has 2 N–H and O–H groups in total. The van der Waals surface area contributed by atoms with Crippen LogP contribution in [0.2, 0.25) is 0 Å². The van der Waals surface area contributed by atoms with E-state index in [1.165, 1.54) is 65.8 Å². The number of alkyl halides is 1. The van der Waals surface area contributed by atoms with E-state index in [0.717, 1.165) is 17.1 Å². The van der Waals surface area contributed by atoms with Gasteiger partial charge in [0.25, 0.3) is 11.8 Å². The molecule has 0 bridgehead atoms. The maximum absolute atomic E-state index is 14.8. The lowest BCUT2D eigenvalue weighted by molar-refractivity contribution is -0.870. The van der Waals surface area contributed by atoms with Crippen molar-refractivity contribution in [1.29, 1.82) is 0 Å².